The number of carbonyl (C=O) groups is 1. The summed E-state index contributed by atoms with van der Waals surface area (Å²) in [5.41, 5.74) is 2.17. The van der Waals surface area contributed by atoms with Crippen LogP contribution in [0.1, 0.15) is 11.1 Å². The van der Waals surface area contributed by atoms with Gasteiger partial charge in [0.25, 0.3) is 0 Å². The lowest BCUT2D eigenvalue weighted by molar-refractivity contribution is -0.126. The maximum atomic E-state index is 12.0. The molecule has 0 aliphatic carbocycles. The summed E-state index contributed by atoms with van der Waals surface area (Å²) in [4.78, 5) is 12.0. The first kappa shape index (κ1) is 14.0. The van der Waals surface area contributed by atoms with Gasteiger partial charge < -0.3 is 20.1 Å². The van der Waals surface area contributed by atoms with Crippen LogP contribution in [0.25, 0.3) is 0 Å². The summed E-state index contributed by atoms with van der Waals surface area (Å²) in [6.45, 7) is 2.89. The Morgan fingerprint density at radius 2 is 2.26 bits per heavy atom. The lowest BCUT2D eigenvalue weighted by Gasteiger charge is -2.23. The summed E-state index contributed by atoms with van der Waals surface area (Å²) in [6.07, 6.45) is 0. The standard InChI is InChI=1S/C14H20N2O3/c1-18-9-12-5-3-2-4-11(12)8-16-14(17)13-10-19-7-6-15-13/h2-5,13,15H,6-10H2,1H3,(H,16,17)/t13-/m1/s1. The number of nitrogens with one attached hydrogen (secondary N) is 2. The molecule has 0 spiro atoms. The molecule has 1 aliphatic heterocycles. The molecule has 1 atom stereocenters. The molecule has 19 heavy (non-hydrogen) atoms. The van der Waals surface area contributed by atoms with Gasteiger partial charge >= 0.3 is 0 Å². The van der Waals surface area contributed by atoms with Gasteiger partial charge in [-0.05, 0) is 11.1 Å². The number of hydrogen-bond acceptors (Lipinski definition) is 4. The van der Waals surface area contributed by atoms with Crippen LogP contribution in [0.4, 0.5) is 0 Å². The van der Waals surface area contributed by atoms with Gasteiger partial charge in [-0.1, -0.05) is 24.3 Å². The fourth-order valence-corrected chi connectivity index (χ4v) is 2.07. The molecule has 1 aromatic carbocycles. The number of carbonyl (C=O) groups excluding carboxylic acids is 1. The zero-order valence-corrected chi connectivity index (χ0v) is 11.1. The summed E-state index contributed by atoms with van der Waals surface area (Å²) in [6, 6.07) is 7.69. The molecule has 5 nitrogen and oxygen atoms in total. The highest BCUT2D eigenvalue weighted by Crippen LogP contribution is 2.09. The molecule has 1 heterocycles. The van der Waals surface area contributed by atoms with E-state index < -0.39 is 0 Å². The second-order valence-electron chi connectivity index (χ2n) is 4.50. The first-order valence-electron chi connectivity index (χ1n) is 6.46. The largest absolute Gasteiger partial charge is 0.380 e. The second kappa shape index (κ2) is 7.23. The third-order valence-electron chi connectivity index (χ3n) is 3.11. The van der Waals surface area contributed by atoms with Crippen LogP contribution in [0, 0.1) is 0 Å². The van der Waals surface area contributed by atoms with Crippen LogP contribution in [0.2, 0.25) is 0 Å². The Morgan fingerprint density at radius 3 is 2.95 bits per heavy atom. The molecule has 5 heteroatoms. The molecule has 1 saturated heterocycles. The van der Waals surface area contributed by atoms with Gasteiger partial charge in [-0.3, -0.25) is 4.79 Å². The van der Waals surface area contributed by atoms with E-state index in [1.165, 1.54) is 0 Å². The Bertz CT molecular complexity index is 417. The maximum Gasteiger partial charge on any atom is 0.239 e. The quantitative estimate of drug-likeness (QED) is 0.810. The minimum absolute atomic E-state index is 0.0214. The van der Waals surface area contributed by atoms with Crippen molar-refractivity contribution in [3.05, 3.63) is 35.4 Å². The number of rotatable bonds is 5. The minimum Gasteiger partial charge on any atom is -0.380 e. The van der Waals surface area contributed by atoms with Gasteiger partial charge in [0.2, 0.25) is 5.91 Å². The molecule has 2 N–H and O–H groups in total. The van der Waals surface area contributed by atoms with Crippen molar-refractivity contribution in [2.45, 2.75) is 19.2 Å². The Kier molecular flexibility index (Phi) is 5.32. The summed E-state index contributed by atoms with van der Waals surface area (Å²) in [5, 5.41) is 6.06. The summed E-state index contributed by atoms with van der Waals surface area (Å²) >= 11 is 0. The zero-order chi connectivity index (χ0) is 13.5. The summed E-state index contributed by atoms with van der Waals surface area (Å²) in [7, 11) is 1.67. The Labute approximate surface area is 113 Å². The number of amides is 1. The lowest BCUT2D eigenvalue weighted by Crippen LogP contribution is -2.51. The number of methoxy groups -OCH3 is 1. The first-order chi connectivity index (χ1) is 9.31. The number of morpholine rings is 1. The van der Waals surface area contributed by atoms with Crippen LogP contribution in [0.5, 0.6) is 0 Å². The Hall–Kier alpha value is -1.43. The monoisotopic (exact) mass is 264 g/mol. The van der Waals surface area contributed by atoms with E-state index in [0.29, 0.717) is 26.4 Å². The molecule has 1 amide bonds. The minimum atomic E-state index is -0.247. The molecule has 1 aliphatic rings. The Morgan fingerprint density at radius 1 is 1.47 bits per heavy atom. The number of benzene rings is 1. The van der Waals surface area contributed by atoms with Crippen molar-refractivity contribution in [1.29, 1.82) is 0 Å². The maximum absolute atomic E-state index is 12.0. The first-order valence-corrected chi connectivity index (χ1v) is 6.46. The van der Waals surface area contributed by atoms with Gasteiger partial charge in [-0.15, -0.1) is 0 Å². The molecular formula is C14H20N2O3. The van der Waals surface area contributed by atoms with Gasteiger partial charge in [0.15, 0.2) is 0 Å². The van der Waals surface area contributed by atoms with Gasteiger partial charge in [0.1, 0.15) is 6.04 Å². The Balaban J connectivity index is 1.89. The van der Waals surface area contributed by atoms with Crippen molar-refractivity contribution in [3.8, 4) is 0 Å². The third kappa shape index (κ3) is 4.02. The van der Waals surface area contributed by atoms with E-state index in [4.69, 9.17) is 9.47 Å². The molecule has 1 fully saturated rings. The van der Waals surface area contributed by atoms with E-state index in [1.807, 2.05) is 24.3 Å². The van der Waals surface area contributed by atoms with Crippen LogP contribution >= 0.6 is 0 Å². The highest BCUT2D eigenvalue weighted by Gasteiger charge is 2.20. The number of ether oxygens (including phenoxy) is 2. The van der Waals surface area contributed by atoms with Crippen LogP contribution < -0.4 is 10.6 Å². The normalized spacial score (nSPS) is 19.1. The van der Waals surface area contributed by atoms with E-state index >= 15 is 0 Å². The SMILES string of the molecule is COCc1ccccc1CNC(=O)[C@H]1COCCN1. The van der Waals surface area contributed by atoms with E-state index in [9.17, 15) is 4.79 Å². The predicted molar refractivity (Wildman–Crippen MR) is 71.6 cm³/mol. The van der Waals surface area contributed by atoms with E-state index in [-0.39, 0.29) is 11.9 Å². The van der Waals surface area contributed by atoms with Crippen molar-refractivity contribution in [2.24, 2.45) is 0 Å². The molecule has 0 unspecified atom stereocenters. The molecule has 104 valence electrons. The predicted octanol–water partition coefficient (Wildman–Crippen LogP) is 0.438. The topological polar surface area (TPSA) is 59.6 Å². The van der Waals surface area contributed by atoms with Gasteiger partial charge in [-0.25, -0.2) is 0 Å². The fraction of sp³-hybridized carbons (Fsp3) is 0.500. The van der Waals surface area contributed by atoms with Crippen LogP contribution in [-0.4, -0.2) is 38.8 Å². The third-order valence-corrected chi connectivity index (χ3v) is 3.11. The van der Waals surface area contributed by atoms with Crippen LogP contribution in [-0.2, 0) is 27.4 Å². The molecule has 0 aromatic heterocycles. The van der Waals surface area contributed by atoms with Crippen molar-refractivity contribution in [1.82, 2.24) is 10.6 Å². The molecule has 0 saturated carbocycles. The molecule has 1 aromatic rings. The van der Waals surface area contributed by atoms with Crippen molar-refractivity contribution >= 4 is 5.91 Å². The van der Waals surface area contributed by atoms with Gasteiger partial charge in [-0.2, -0.15) is 0 Å². The smallest absolute Gasteiger partial charge is 0.239 e. The van der Waals surface area contributed by atoms with Crippen molar-refractivity contribution in [3.63, 3.8) is 0 Å². The highest BCUT2D eigenvalue weighted by molar-refractivity contribution is 5.82. The van der Waals surface area contributed by atoms with Crippen LogP contribution in [0.3, 0.4) is 0 Å². The lowest BCUT2D eigenvalue weighted by atomic mass is 10.1. The van der Waals surface area contributed by atoms with Crippen LogP contribution in [0.15, 0.2) is 24.3 Å². The molecule has 0 bridgehead atoms. The summed E-state index contributed by atoms with van der Waals surface area (Å²) in [5.74, 6) is -0.0214. The van der Waals surface area contributed by atoms with Gasteiger partial charge in [0.05, 0.1) is 19.8 Å². The van der Waals surface area contributed by atoms with E-state index in [2.05, 4.69) is 10.6 Å². The zero-order valence-electron chi connectivity index (χ0n) is 11.1. The van der Waals surface area contributed by atoms with Crippen molar-refractivity contribution < 1.29 is 14.3 Å². The van der Waals surface area contributed by atoms with Crippen molar-refractivity contribution in [2.75, 3.05) is 26.9 Å². The van der Waals surface area contributed by atoms with Gasteiger partial charge in [0, 0.05) is 20.2 Å². The summed E-state index contributed by atoms with van der Waals surface area (Å²) < 4.78 is 10.4. The van der Waals surface area contributed by atoms with E-state index in [0.717, 1.165) is 17.7 Å². The molecule has 2 rings (SSSR count). The second-order valence-corrected chi connectivity index (χ2v) is 4.50. The molecular weight excluding hydrogens is 244 g/mol. The highest BCUT2D eigenvalue weighted by atomic mass is 16.5. The number of hydrogen-bond donors (Lipinski definition) is 2. The average molecular weight is 264 g/mol. The fourth-order valence-electron chi connectivity index (χ4n) is 2.07. The van der Waals surface area contributed by atoms with E-state index in [1.54, 1.807) is 7.11 Å². The molecule has 0 radical (unpaired) electrons. The average Bonchev–Trinajstić information content (AvgIpc) is 2.47.